The lowest BCUT2D eigenvalue weighted by Crippen LogP contribution is -2.71. The summed E-state index contributed by atoms with van der Waals surface area (Å²) in [7, 11) is 2.20. The molecule has 2 aliphatic rings. The molecule has 2 nitrogen and oxygen atoms in total. The molecule has 0 aromatic rings. The van der Waals surface area contributed by atoms with Crippen LogP contribution in [-0.2, 0) is 0 Å². The molecule has 0 aromatic carbocycles. The van der Waals surface area contributed by atoms with Crippen LogP contribution in [0.1, 0.15) is 13.8 Å². The Morgan fingerprint density at radius 2 is 1.86 bits per heavy atom. The molecule has 0 amide bonds. The van der Waals surface area contributed by atoms with Crippen molar-refractivity contribution in [2.24, 2.45) is 11.3 Å². The first-order chi connectivity index (χ1) is 6.60. The average molecular weight is 192 g/mol. The van der Waals surface area contributed by atoms with Crippen LogP contribution in [0, 0.1) is 23.2 Å². The molecule has 2 rings (SSSR count). The van der Waals surface area contributed by atoms with E-state index in [0.717, 1.165) is 6.54 Å². The van der Waals surface area contributed by atoms with Gasteiger partial charge in [-0.15, -0.1) is 0 Å². The van der Waals surface area contributed by atoms with Gasteiger partial charge in [-0.25, -0.2) is 0 Å². The van der Waals surface area contributed by atoms with Gasteiger partial charge in [0.05, 0.1) is 6.54 Å². The molecule has 2 fully saturated rings. The Kier molecular flexibility index (Phi) is 2.55. The van der Waals surface area contributed by atoms with E-state index >= 15 is 0 Å². The molecule has 0 radical (unpaired) electrons. The maximum Gasteiger partial charge on any atom is 0.0602 e. The summed E-state index contributed by atoms with van der Waals surface area (Å²) in [6, 6.07) is 0. The molecule has 14 heavy (non-hydrogen) atoms. The number of hydrogen-bond acceptors (Lipinski definition) is 2. The molecular formula is C12H20N2. The van der Waals surface area contributed by atoms with Gasteiger partial charge in [0.2, 0.25) is 0 Å². The molecule has 0 aliphatic carbocycles. The molecule has 2 heterocycles. The second-order valence-electron chi connectivity index (χ2n) is 5.29. The summed E-state index contributed by atoms with van der Waals surface area (Å²) < 4.78 is 0. The summed E-state index contributed by atoms with van der Waals surface area (Å²) in [5.74, 6) is 6.97. The van der Waals surface area contributed by atoms with Crippen LogP contribution in [0.25, 0.3) is 0 Å². The Bertz CT molecular complexity index is 258. The fourth-order valence-corrected chi connectivity index (χ4v) is 2.67. The van der Waals surface area contributed by atoms with E-state index in [-0.39, 0.29) is 0 Å². The minimum absolute atomic E-state index is 0.514. The molecule has 0 aromatic heterocycles. The van der Waals surface area contributed by atoms with Crippen molar-refractivity contribution < 1.29 is 0 Å². The summed E-state index contributed by atoms with van der Waals surface area (Å²) in [5, 5.41) is 0. The van der Waals surface area contributed by atoms with E-state index in [1.54, 1.807) is 0 Å². The Labute approximate surface area is 87.3 Å². The second-order valence-corrected chi connectivity index (χ2v) is 5.29. The van der Waals surface area contributed by atoms with Gasteiger partial charge in [0.15, 0.2) is 0 Å². The molecule has 78 valence electrons. The predicted molar refractivity (Wildman–Crippen MR) is 59.0 cm³/mol. The van der Waals surface area contributed by atoms with Crippen molar-refractivity contribution in [3.63, 3.8) is 0 Å². The average Bonchev–Trinajstić information content (AvgIpc) is 1.96. The van der Waals surface area contributed by atoms with Crippen LogP contribution < -0.4 is 0 Å². The highest BCUT2D eigenvalue weighted by Crippen LogP contribution is 2.38. The third-order valence-electron chi connectivity index (χ3n) is 3.02. The standard InChI is InChI=1S/C12H20N2/c1-11(2)5-4-6-14-9-12(10-14)7-13(3)8-12/h11H,6-10H2,1-3H3. The Morgan fingerprint density at radius 3 is 2.36 bits per heavy atom. The normalized spacial score (nSPS) is 25.4. The van der Waals surface area contributed by atoms with E-state index in [4.69, 9.17) is 0 Å². The van der Waals surface area contributed by atoms with Crippen molar-refractivity contribution in [1.29, 1.82) is 0 Å². The van der Waals surface area contributed by atoms with Crippen LogP contribution in [0.4, 0.5) is 0 Å². The molecule has 2 heteroatoms. The van der Waals surface area contributed by atoms with E-state index in [9.17, 15) is 0 Å². The number of likely N-dealkylation sites (tertiary alicyclic amines) is 2. The number of hydrogen-bond donors (Lipinski definition) is 0. The molecule has 1 spiro atoms. The zero-order chi connectivity index (χ0) is 10.2. The van der Waals surface area contributed by atoms with Crippen molar-refractivity contribution in [3.05, 3.63) is 0 Å². The molecule has 0 bridgehead atoms. The van der Waals surface area contributed by atoms with Gasteiger partial charge in [-0.2, -0.15) is 0 Å². The van der Waals surface area contributed by atoms with Gasteiger partial charge in [-0.1, -0.05) is 25.7 Å². The van der Waals surface area contributed by atoms with E-state index in [0.29, 0.717) is 11.3 Å². The van der Waals surface area contributed by atoms with Crippen LogP contribution in [0.2, 0.25) is 0 Å². The van der Waals surface area contributed by atoms with Crippen LogP contribution in [0.3, 0.4) is 0 Å². The largest absolute Gasteiger partial charge is 0.305 e. The van der Waals surface area contributed by atoms with Gasteiger partial charge in [-0.3, -0.25) is 4.90 Å². The van der Waals surface area contributed by atoms with Crippen LogP contribution >= 0.6 is 0 Å². The summed E-state index contributed by atoms with van der Waals surface area (Å²) >= 11 is 0. The van der Waals surface area contributed by atoms with Crippen molar-refractivity contribution in [1.82, 2.24) is 9.80 Å². The lowest BCUT2D eigenvalue weighted by Gasteiger charge is -2.59. The van der Waals surface area contributed by atoms with Gasteiger partial charge < -0.3 is 4.90 Å². The third kappa shape index (κ3) is 1.94. The highest BCUT2D eigenvalue weighted by atomic mass is 15.3. The SMILES string of the molecule is CC(C)C#CCN1CC2(CN(C)C2)C1. The van der Waals surface area contributed by atoms with Gasteiger partial charge in [-0.05, 0) is 7.05 Å². The third-order valence-corrected chi connectivity index (χ3v) is 3.02. The highest BCUT2D eigenvalue weighted by Gasteiger charge is 2.49. The van der Waals surface area contributed by atoms with Crippen molar-refractivity contribution in [2.75, 3.05) is 39.8 Å². The molecule has 2 saturated heterocycles. The second kappa shape index (κ2) is 3.56. The van der Waals surface area contributed by atoms with E-state index in [1.807, 2.05) is 0 Å². The van der Waals surface area contributed by atoms with Crippen LogP contribution in [-0.4, -0.2) is 49.6 Å². The van der Waals surface area contributed by atoms with E-state index in [1.165, 1.54) is 26.2 Å². The number of nitrogens with zero attached hydrogens (tertiary/aromatic N) is 2. The zero-order valence-corrected chi connectivity index (χ0v) is 9.51. The van der Waals surface area contributed by atoms with Gasteiger partial charge in [0.25, 0.3) is 0 Å². The Hall–Kier alpha value is -0.520. The van der Waals surface area contributed by atoms with Crippen molar-refractivity contribution in [2.45, 2.75) is 13.8 Å². The molecule has 0 atom stereocenters. The Morgan fingerprint density at radius 1 is 1.21 bits per heavy atom. The summed E-state index contributed by atoms with van der Waals surface area (Å²) in [6.07, 6.45) is 0. The van der Waals surface area contributed by atoms with Crippen LogP contribution in [0.5, 0.6) is 0 Å². The van der Waals surface area contributed by atoms with E-state index in [2.05, 4.69) is 42.5 Å². The minimum atomic E-state index is 0.514. The fourth-order valence-electron chi connectivity index (χ4n) is 2.67. The highest BCUT2D eigenvalue weighted by molar-refractivity contribution is 5.10. The van der Waals surface area contributed by atoms with Crippen molar-refractivity contribution >= 4 is 0 Å². The van der Waals surface area contributed by atoms with Gasteiger partial charge in [0, 0.05) is 37.5 Å². The zero-order valence-electron chi connectivity index (χ0n) is 9.51. The summed E-state index contributed by atoms with van der Waals surface area (Å²) in [5.41, 5.74) is 0.661. The first kappa shape index (κ1) is 10.0. The lowest BCUT2D eigenvalue weighted by molar-refractivity contribution is -0.0982. The Balaban J connectivity index is 1.67. The minimum Gasteiger partial charge on any atom is -0.305 e. The fraction of sp³-hybridized carbons (Fsp3) is 0.833. The summed E-state index contributed by atoms with van der Waals surface area (Å²) in [6.45, 7) is 10.4. The molecule has 0 saturated carbocycles. The number of rotatable bonds is 1. The topological polar surface area (TPSA) is 6.48 Å². The maximum absolute atomic E-state index is 3.25. The molecular weight excluding hydrogens is 172 g/mol. The van der Waals surface area contributed by atoms with E-state index < -0.39 is 0 Å². The first-order valence-corrected chi connectivity index (χ1v) is 5.49. The molecule has 0 unspecified atom stereocenters. The van der Waals surface area contributed by atoms with Crippen molar-refractivity contribution in [3.8, 4) is 11.8 Å². The predicted octanol–water partition coefficient (Wildman–Crippen LogP) is 0.893. The van der Waals surface area contributed by atoms with Gasteiger partial charge >= 0.3 is 0 Å². The first-order valence-electron chi connectivity index (χ1n) is 5.49. The monoisotopic (exact) mass is 192 g/mol. The van der Waals surface area contributed by atoms with Crippen LogP contribution in [0.15, 0.2) is 0 Å². The smallest absolute Gasteiger partial charge is 0.0602 e. The molecule has 2 aliphatic heterocycles. The summed E-state index contributed by atoms with van der Waals surface area (Å²) in [4.78, 5) is 4.86. The van der Waals surface area contributed by atoms with Gasteiger partial charge in [0.1, 0.15) is 0 Å². The quantitative estimate of drug-likeness (QED) is 0.569. The lowest BCUT2D eigenvalue weighted by atomic mass is 9.73. The maximum atomic E-state index is 3.25. The molecule has 0 N–H and O–H groups in total.